The summed E-state index contributed by atoms with van der Waals surface area (Å²) in [5, 5.41) is 11.1. The molecule has 3 aliphatic carbocycles. The van der Waals surface area contributed by atoms with Crippen molar-refractivity contribution >= 4 is 17.3 Å². The number of alkyl halides is 5. The van der Waals surface area contributed by atoms with Gasteiger partial charge in [-0.15, -0.1) is 0 Å². The number of carbonyl (C=O) groups is 1. The molecule has 54 heavy (non-hydrogen) atoms. The molecule has 2 saturated heterocycles. The molecule has 2 saturated carbocycles. The van der Waals surface area contributed by atoms with Gasteiger partial charge in [0.2, 0.25) is 0 Å². The predicted octanol–water partition coefficient (Wildman–Crippen LogP) is 10.4. The topological polar surface area (TPSA) is 82.1 Å². The summed E-state index contributed by atoms with van der Waals surface area (Å²) >= 11 is -1.38. The van der Waals surface area contributed by atoms with E-state index < -0.39 is 36.1 Å². The Balaban J connectivity index is 0.964. The van der Waals surface area contributed by atoms with Crippen molar-refractivity contribution in [2.24, 2.45) is 28.6 Å². The fraction of sp³-hybridized carbons (Fsp3) is 0.833. The summed E-state index contributed by atoms with van der Waals surface area (Å²) in [5.74, 6) is -1.87. The quantitative estimate of drug-likeness (QED) is 0.109. The number of hydrogen-bond donors (Lipinski definition) is 1. The molecule has 1 N–H and O–H groups in total. The fourth-order valence-corrected chi connectivity index (χ4v) is 12.2. The van der Waals surface area contributed by atoms with Crippen LogP contribution in [-0.2, 0) is 22.3 Å². The minimum absolute atomic E-state index is 0.0259. The van der Waals surface area contributed by atoms with Gasteiger partial charge in [-0.1, -0.05) is 56.3 Å². The van der Waals surface area contributed by atoms with E-state index in [9.17, 15) is 36.4 Å². The van der Waals surface area contributed by atoms with Crippen LogP contribution in [0.25, 0.3) is 0 Å². The van der Waals surface area contributed by atoms with E-state index in [4.69, 9.17) is 9.47 Å². The Morgan fingerprint density at radius 3 is 2.30 bits per heavy atom. The lowest BCUT2D eigenvalue weighted by Crippen LogP contribution is -2.47. The minimum atomic E-state index is -5.56. The second kappa shape index (κ2) is 17.9. The number of rotatable bonds is 15. The number of carbonyl (C=O) groups excluding carboxylic acids is 1. The standard InChI is InChI=1S/C42H62F5NO5S/c1-39-17-15-34-33-12-11-32(53-38(50)48-22-18-40(19-23-48)20-24-52-25-21-40)29-31(33)28-30(37(34)35(39)13-14-36(39)49)10-7-5-3-2-4-6-8-26-54(51)27-9-16-41(43,44)42(45,46)47/h11-12,29-30,34-37,49H,2-10,13-28H2,1H3/t30-,34-,35+,36+,37-,39+,54?/m1/s1. The van der Waals surface area contributed by atoms with Crippen molar-refractivity contribution in [1.82, 2.24) is 4.90 Å². The number of aliphatic hydroxyl groups is 1. The number of benzene rings is 1. The van der Waals surface area contributed by atoms with Crippen LogP contribution in [0.1, 0.15) is 140 Å². The van der Waals surface area contributed by atoms with Gasteiger partial charge in [-0.3, -0.25) is 0 Å². The maximum atomic E-state index is 13.3. The zero-order valence-corrected chi connectivity index (χ0v) is 32.9. The zero-order chi connectivity index (χ0) is 38.6. The first-order valence-electron chi connectivity index (χ1n) is 20.9. The van der Waals surface area contributed by atoms with Gasteiger partial charge < -0.3 is 24.0 Å². The highest BCUT2D eigenvalue weighted by molar-refractivity contribution is 7.91. The van der Waals surface area contributed by atoms with Crippen molar-refractivity contribution in [2.45, 2.75) is 153 Å². The number of unbranched alkanes of at least 4 members (excludes halogenated alkanes) is 6. The number of ether oxygens (including phenoxy) is 2. The van der Waals surface area contributed by atoms with Crippen LogP contribution >= 0.6 is 0 Å². The Morgan fingerprint density at radius 1 is 0.926 bits per heavy atom. The first kappa shape index (κ1) is 42.0. The molecule has 0 radical (unpaired) electrons. The maximum absolute atomic E-state index is 13.3. The molecule has 1 aromatic rings. The SMILES string of the molecule is C[C@]12CC[C@@H]3c4ccc(OC(=O)N5CCC6(CCOCC6)CC5)cc4C[C@@H](CCCCCCCCC[S+]([O-])CCCC(F)(F)C(F)(F)F)[C@H]3[C@@H]1CC[C@@H]2O. The Hall–Kier alpha value is -1.63. The lowest BCUT2D eigenvalue weighted by Gasteiger charge is -2.53. The molecule has 7 atom stereocenters. The van der Waals surface area contributed by atoms with Gasteiger partial charge in [-0.2, -0.15) is 22.0 Å². The Kier molecular flexibility index (Phi) is 13.9. The third kappa shape index (κ3) is 9.72. The van der Waals surface area contributed by atoms with E-state index in [0.717, 1.165) is 129 Å². The second-order valence-electron chi connectivity index (χ2n) is 17.6. The maximum Gasteiger partial charge on any atom is 0.453 e. The summed E-state index contributed by atoms with van der Waals surface area (Å²) in [6.45, 7) is 5.40. The number of aliphatic hydroxyl groups excluding tert-OH is 1. The first-order chi connectivity index (χ1) is 25.7. The molecule has 1 amide bonds. The Bertz CT molecular complexity index is 1380. The summed E-state index contributed by atoms with van der Waals surface area (Å²) in [7, 11) is 0. The monoisotopic (exact) mass is 787 g/mol. The summed E-state index contributed by atoms with van der Waals surface area (Å²) in [5.41, 5.74) is 2.99. The van der Waals surface area contributed by atoms with E-state index in [1.165, 1.54) is 11.1 Å². The van der Waals surface area contributed by atoms with Gasteiger partial charge in [0.05, 0.1) is 6.10 Å². The molecule has 1 spiro atoms. The van der Waals surface area contributed by atoms with E-state index in [1.807, 2.05) is 11.0 Å². The van der Waals surface area contributed by atoms with Crippen LogP contribution in [0.15, 0.2) is 18.2 Å². The molecule has 6 nitrogen and oxygen atoms in total. The van der Waals surface area contributed by atoms with Crippen LogP contribution in [0.3, 0.4) is 0 Å². The van der Waals surface area contributed by atoms with E-state index >= 15 is 0 Å². The van der Waals surface area contributed by atoms with Gasteiger partial charge in [0.1, 0.15) is 17.3 Å². The van der Waals surface area contributed by atoms with Crippen molar-refractivity contribution in [3.8, 4) is 5.75 Å². The van der Waals surface area contributed by atoms with Crippen LogP contribution in [-0.4, -0.2) is 76.7 Å². The predicted molar refractivity (Wildman–Crippen MR) is 200 cm³/mol. The molecular formula is C42H62F5NO5S. The molecule has 6 rings (SSSR count). The van der Waals surface area contributed by atoms with Crippen molar-refractivity contribution in [3.63, 3.8) is 0 Å². The van der Waals surface area contributed by atoms with Gasteiger partial charge in [-0.25, -0.2) is 4.79 Å². The number of amides is 1. The molecule has 1 aromatic carbocycles. The van der Waals surface area contributed by atoms with Gasteiger partial charge in [0.25, 0.3) is 0 Å². The molecule has 2 heterocycles. The van der Waals surface area contributed by atoms with Crippen molar-refractivity contribution in [3.05, 3.63) is 29.3 Å². The zero-order valence-electron chi connectivity index (χ0n) is 32.1. The summed E-state index contributed by atoms with van der Waals surface area (Å²) in [4.78, 5) is 15.2. The highest BCUT2D eigenvalue weighted by Gasteiger charge is 2.57. The van der Waals surface area contributed by atoms with Crippen LogP contribution in [0.2, 0.25) is 0 Å². The average Bonchev–Trinajstić information content (AvgIpc) is 3.44. The third-order valence-electron chi connectivity index (χ3n) is 14.4. The van der Waals surface area contributed by atoms with Crippen LogP contribution < -0.4 is 4.74 Å². The Labute approximate surface area is 321 Å². The number of piperidine rings is 1. The molecule has 4 fully saturated rings. The fourth-order valence-electron chi connectivity index (χ4n) is 11.0. The average molecular weight is 788 g/mol. The summed E-state index contributed by atoms with van der Waals surface area (Å²) < 4.78 is 86.9. The number of likely N-dealkylation sites (tertiary alicyclic amines) is 1. The van der Waals surface area contributed by atoms with Crippen molar-refractivity contribution in [1.29, 1.82) is 0 Å². The Morgan fingerprint density at radius 2 is 1.59 bits per heavy atom. The number of nitrogens with zero attached hydrogens (tertiary/aromatic N) is 1. The molecular weight excluding hydrogens is 726 g/mol. The second-order valence-corrected chi connectivity index (χ2v) is 19.3. The van der Waals surface area contributed by atoms with E-state index in [0.29, 0.717) is 47.0 Å². The van der Waals surface area contributed by atoms with E-state index in [2.05, 4.69) is 19.1 Å². The molecule has 306 valence electrons. The summed E-state index contributed by atoms with van der Waals surface area (Å²) in [6.07, 6.45) is 9.48. The van der Waals surface area contributed by atoms with Crippen molar-refractivity contribution < 1.29 is 45.9 Å². The normalized spacial score (nSPS) is 30.1. The van der Waals surface area contributed by atoms with Gasteiger partial charge >= 0.3 is 18.2 Å². The molecule has 2 aliphatic heterocycles. The smallest absolute Gasteiger partial charge is 0.453 e. The van der Waals surface area contributed by atoms with Gasteiger partial charge in [0, 0.05) is 32.7 Å². The van der Waals surface area contributed by atoms with Crippen LogP contribution in [0.4, 0.5) is 26.7 Å². The highest BCUT2D eigenvalue weighted by atomic mass is 32.2. The molecule has 1 unspecified atom stereocenters. The van der Waals surface area contributed by atoms with Crippen LogP contribution in [0.5, 0.6) is 5.75 Å². The number of hydrogen-bond acceptors (Lipinski definition) is 5. The number of fused-ring (bicyclic) bond motifs is 5. The van der Waals surface area contributed by atoms with E-state index in [1.54, 1.807) is 0 Å². The largest absolute Gasteiger partial charge is 0.616 e. The number of halogens is 5. The van der Waals surface area contributed by atoms with E-state index in [-0.39, 0.29) is 23.4 Å². The van der Waals surface area contributed by atoms with Crippen LogP contribution in [0, 0.1) is 28.6 Å². The lowest BCUT2D eigenvalue weighted by atomic mass is 9.52. The molecule has 12 heteroatoms. The van der Waals surface area contributed by atoms with Crippen molar-refractivity contribution in [2.75, 3.05) is 37.8 Å². The molecule has 5 aliphatic rings. The molecule has 0 aromatic heterocycles. The molecule has 0 bridgehead atoms. The third-order valence-corrected chi connectivity index (χ3v) is 15.9. The highest BCUT2D eigenvalue weighted by Crippen LogP contribution is 2.63. The first-order valence-corrected chi connectivity index (χ1v) is 22.4. The lowest BCUT2D eigenvalue weighted by molar-refractivity contribution is -0.284. The summed E-state index contributed by atoms with van der Waals surface area (Å²) in [6, 6.07) is 6.34. The minimum Gasteiger partial charge on any atom is -0.616 e. The van der Waals surface area contributed by atoms with Gasteiger partial charge in [0.15, 0.2) is 0 Å². The van der Waals surface area contributed by atoms with Gasteiger partial charge in [-0.05, 0) is 141 Å².